The van der Waals surface area contributed by atoms with Crippen molar-refractivity contribution in [3.63, 3.8) is 0 Å². The molecular weight excluding hydrogens is 352 g/mol. The minimum Gasteiger partial charge on any atom is -0.342 e. The Balaban J connectivity index is 1.59. The number of carbonyl (C=O) groups excluding carboxylic acids is 2. The van der Waals surface area contributed by atoms with Crippen LogP contribution in [-0.2, 0) is 23.2 Å². The molecule has 0 aliphatic carbocycles. The van der Waals surface area contributed by atoms with Crippen molar-refractivity contribution in [2.75, 3.05) is 20.1 Å². The molecule has 0 saturated carbocycles. The van der Waals surface area contributed by atoms with Crippen LogP contribution >= 0.6 is 0 Å². The van der Waals surface area contributed by atoms with Gasteiger partial charge < -0.3 is 9.80 Å². The molecule has 1 aromatic heterocycles. The van der Waals surface area contributed by atoms with Gasteiger partial charge in [0.25, 0.3) is 0 Å². The predicted molar refractivity (Wildman–Crippen MR) is 109 cm³/mol. The third kappa shape index (κ3) is 4.43. The Kier molecular flexibility index (Phi) is 6.17. The fraction of sp³-hybridized carbons (Fsp3) is 0.500. The van der Waals surface area contributed by atoms with Crippen LogP contribution in [0.2, 0.25) is 0 Å². The maximum atomic E-state index is 12.9. The average molecular weight is 383 g/mol. The van der Waals surface area contributed by atoms with Gasteiger partial charge in [-0.3, -0.25) is 14.3 Å². The Bertz CT molecular complexity index is 822. The monoisotopic (exact) mass is 382 g/mol. The van der Waals surface area contributed by atoms with Crippen LogP contribution in [-0.4, -0.2) is 51.5 Å². The van der Waals surface area contributed by atoms with E-state index >= 15 is 0 Å². The van der Waals surface area contributed by atoms with E-state index in [-0.39, 0.29) is 17.7 Å². The zero-order valence-electron chi connectivity index (χ0n) is 17.3. The lowest BCUT2D eigenvalue weighted by atomic mass is 9.92. The molecule has 28 heavy (non-hydrogen) atoms. The first-order valence-corrected chi connectivity index (χ1v) is 9.95. The van der Waals surface area contributed by atoms with Crippen molar-refractivity contribution in [1.82, 2.24) is 19.6 Å². The van der Waals surface area contributed by atoms with Gasteiger partial charge in [0.05, 0.1) is 23.9 Å². The molecule has 1 aliphatic heterocycles. The standard InChI is InChI=1S/C22H30N4O2/c1-16(18-8-6-5-7-9-18)22(28)26-12-10-19(11-13-26)21-14-20(25(4)23-21)15-24(3)17(2)27/h5-9,14,16,19H,10-13,15H2,1-4H3. The Morgan fingerprint density at radius 2 is 1.86 bits per heavy atom. The highest BCUT2D eigenvalue weighted by Gasteiger charge is 2.28. The van der Waals surface area contributed by atoms with E-state index in [1.54, 1.807) is 18.9 Å². The molecule has 2 amide bonds. The van der Waals surface area contributed by atoms with Crippen molar-refractivity contribution in [2.24, 2.45) is 7.05 Å². The van der Waals surface area contributed by atoms with E-state index in [4.69, 9.17) is 0 Å². The normalized spacial score (nSPS) is 16.1. The van der Waals surface area contributed by atoms with Crippen LogP contribution in [0.15, 0.2) is 36.4 Å². The Morgan fingerprint density at radius 3 is 2.46 bits per heavy atom. The summed E-state index contributed by atoms with van der Waals surface area (Å²) in [7, 11) is 3.72. The summed E-state index contributed by atoms with van der Waals surface area (Å²) in [4.78, 5) is 28.0. The summed E-state index contributed by atoms with van der Waals surface area (Å²) < 4.78 is 1.86. The molecule has 1 fully saturated rings. The van der Waals surface area contributed by atoms with E-state index in [2.05, 4.69) is 11.2 Å². The van der Waals surface area contributed by atoms with E-state index < -0.39 is 0 Å². The summed E-state index contributed by atoms with van der Waals surface area (Å²) >= 11 is 0. The van der Waals surface area contributed by atoms with Gasteiger partial charge in [-0.25, -0.2) is 0 Å². The molecule has 0 radical (unpaired) electrons. The number of benzene rings is 1. The van der Waals surface area contributed by atoms with E-state index in [1.807, 2.05) is 53.9 Å². The first kappa shape index (κ1) is 20.1. The smallest absolute Gasteiger partial charge is 0.229 e. The molecule has 1 aliphatic rings. The third-order valence-electron chi connectivity index (χ3n) is 5.83. The molecular formula is C22H30N4O2. The van der Waals surface area contributed by atoms with Gasteiger partial charge in [0.1, 0.15) is 0 Å². The number of aryl methyl sites for hydroxylation is 1. The lowest BCUT2D eigenvalue weighted by Gasteiger charge is -2.33. The van der Waals surface area contributed by atoms with E-state index in [0.717, 1.165) is 42.9 Å². The van der Waals surface area contributed by atoms with Crippen LogP contribution in [0.5, 0.6) is 0 Å². The summed E-state index contributed by atoms with van der Waals surface area (Å²) in [5, 5.41) is 4.67. The molecule has 2 aromatic rings. The van der Waals surface area contributed by atoms with Crippen molar-refractivity contribution in [3.05, 3.63) is 53.3 Å². The molecule has 1 atom stereocenters. The van der Waals surface area contributed by atoms with Gasteiger partial charge in [-0.05, 0) is 31.4 Å². The predicted octanol–water partition coefficient (Wildman–Crippen LogP) is 2.91. The fourth-order valence-electron chi connectivity index (χ4n) is 3.79. The maximum absolute atomic E-state index is 12.9. The van der Waals surface area contributed by atoms with Crippen molar-refractivity contribution < 1.29 is 9.59 Å². The second kappa shape index (κ2) is 8.59. The number of piperidine rings is 1. The van der Waals surface area contributed by atoms with Gasteiger partial charge in [0.15, 0.2) is 0 Å². The topological polar surface area (TPSA) is 58.4 Å². The minimum absolute atomic E-state index is 0.0436. The number of aromatic nitrogens is 2. The number of likely N-dealkylation sites (tertiary alicyclic amines) is 1. The third-order valence-corrected chi connectivity index (χ3v) is 5.83. The molecule has 0 bridgehead atoms. The number of amides is 2. The molecule has 2 heterocycles. The van der Waals surface area contributed by atoms with E-state index in [0.29, 0.717) is 12.5 Å². The second-order valence-corrected chi connectivity index (χ2v) is 7.79. The lowest BCUT2D eigenvalue weighted by Crippen LogP contribution is -2.40. The molecule has 0 spiro atoms. The van der Waals surface area contributed by atoms with Crippen LogP contribution in [0.25, 0.3) is 0 Å². The Hall–Kier alpha value is -2.63. The molecule has 1 unspecified atom stereocenters. The second-order valence-electron chi connectivity index (χ2n) is 7.79. The van der Waals surface area contributed by atoms with Crippen LogP contribution in [0.4, 0.5) is 0 Å². The molecule has 0 N–H and O–H groups in total. The molecule has 1 aromatic carbocycles. The largest absolute Gasteiger partial charge is 0.342 e. The average Bonchev–Trinajstić information content (AvgIpc) is 3.08. The SMILES string of the molecule is CC(=O)N(C)Cc1cc(C2CCN(C(=O)C(C)c3ccccc3)CC2)nn1C. The van der Waals surface area contributed by atoms with Gasteiger partial charge in [-0.1, -0.05) is 30.3 Å². The molecule has 6 heteroatoms. The lowest BCUT2D eigenvalue weighted by molar-refractivity contribution is -0.133. The zero-order valence-corrected chi connectivity index (χ0v) is 17.3. The number of hydrogen-bond acceptors (Lipinski definition) is 3. The van der Waals surface area contributed by atoms with Crippen molar-refractivity contribution in [1.29, 1.82) is 0 Å². The Morgan fingerprint density at radius 1 is 1.21 bits per heavy atom. The van der Waals surface area contributed by atoms with Crippen LogP contribution < -0.4 is 0 Å². The van der Waals surface area contributed by atoms with Crippen LogP contribution in [0.3, 0.4) is 0 Å². The van der Waals surface area contributed by atoms with E-state index in [1.165, 1.54) is 0 Å². The summed E-state index contributed by atoms with van der Waals surface area (Å²) in [6.45, 7) is 5.64. The molecule has 150 valence electrons. The highest BCUT2D eigenvalue weighted by molar-refractivity contribution is 5.83. The molecule has 6 nitrogen and oxygen atoms in total. The first-order valence-electron chi connectivity index (χ1n) is 9.95. The van der Waals surface area contributed by atoms with Gasteiger partial charge >= 0.3 is 0 Å². The van der Waals surface area contributed by atoms with Crippen LogP contribution in [0.1, 0.15) is 55.5 Å². The number of carbonyl (C=O) groups is 2. The summed E-state index contributed by atoms with van der Waals surface area (Å²) in [5.74, 6) is 0.497. The maximum Gasteiger partial charge on any atom is 0.229 e. The molecule has 3 rings (SSSR count). The van der Waals surface area contributed by atoms with Crippen molar-refractivity contribution in [3.8, 4) is 0 Å². The first-order chi connectivity index (χ1) is 13.4. The highest BCUT2D eigenvalue weighted by atomic mass is 16.2. The summed E-state index contributed by atoms with van der Waals surface area (Å²) in [6, 6.07) is 12.1. The van der Waals surface area contributed by atoms with Crippen molar-refractivity contribution in [2.45, 2.75) is 45.1 Å². The zero-order chi connectivity index (χ0) is 20.3. The van der Waals surface area contributed by atoms with Crippen molar-refractivity contribution >= 4 is 11.8 Å². The quantitative estimate of drug-likeness (QED) is 0.799. The Labute approximate surface area is 167 Å². The number of nitrogens with zero attached hydrogens (tertiary/aromatic N) is 4. The molecule has 1 saturated heterocycles. The summed E-state index contributed by atoms with van der Waals surface area (Å²) in [5.41, 5.74) is 3.17. The minimum atomic E-state index is -0.110. The summed E-state index contributed by atoms with van der Waals surface area (Å²) in [6.07, 6.45) is 1.85. The number of rotatable bonds is 5. The van der Waals surface area contributed by atoms with E-state index in [9.17, 15) is 9.59 Å². The van der Waals surface area contributed by atoms with Crippen LogP contribution in [0, 0.1) is 0 Å². The fourth-order valence-corrected chi connectivity index (χ4v) is 3.79. The van der Waals surface area contributed by atoms with Gasteiger partial charge in [0.2, 0.25) is 11.8 Å². The van der Waals surface area contributed by atoms with Gasteiger partial charge in [0, 0.05) is 40.0 Å². The van der Waals surface area contributed by atoms with Gasteiger partial charge in [-0.15, -0.1) is 0 Å². The number of hydrogen-bond donors (Lipinski definition) is 0. The highest BCUT2D eigenvalue weighted by Crippen LogP contribution is 2.29. The van der Waals surface area contributed by atoms with Gasteiger partial charge in [-0.2, -0.15) is 5.10 Å².